The molecule has 0 bridgehead atoms. The van der Waals surface area contributed by atoms with Crippen LogP contribution in [0.4, 0.5) is 23.4 Å². The fraction of sp³-hybridized carbons (Fsp3) is 0.205. The van der Waals surface area contributed by atoms with Gasteiger partial charge in [-0.1, -0.05) is 0 Å². The number of aromatic amines is 1. The Hall–Kier alpha value is -7.49. The molecule has 3 atom stereocenters. The number of H-pyrrole nitrogens is 1. The number of aliphatic hydroxyl groups excluding tert-OH is 3. The highest BCUT2D eigenvalue weighted by atomic mass is 35.7. The van der Waals surface area contributed by atoms with Crippen LogP contribution in [0.5, 0.6) is 17.2 Å². The highest BCUT2D eigenvalue weighted by molar-refractivity contribution is 8.13. The van der Waals surface area contributed by atoms with Crippen molar-refractivity contribution in [2.24, 2.45) is 10.7 Å². The number of hydrogen-bond donors (Lipinski definition) is 9. The molecule has 0 radical (unpaired) electrons. The summed E-state index contributed by atoms with van der Waals surface area (Å²) < 4.78 is 138. The van der Waals surface area contributed by atoms with Gasteiger partial charge in [0.2, 0.25) is 19.1 Å². The number of amidine groups is 3. The first kappa shape index (κ1) is 58.8. The third kappa shape index (κ3) is 15.3. The summed E-state index contributed by atoms with van der Waals surface area (Å²) in [5, 5.41) is 45.1. The van der Waals surface area contributed by atoms with Crippen molar-refractivity contribution in [2.45, 2.75) is 33.7 Å². The summed E-state index contributed by atoms with van der Waals surface area (Å²) >= 11 is 0. The Morgan fingerprint density at radius 2 is 1.08 bits per heavy atom. The summed E-state index contributed by atoms with van der Waals surface area (Å²) in [6.07, 6.45) is -1.57. The largest absolute Gasteiger partial charge is 0.497 e. The van der Waals surface area contributed by atoms with Crippen LogP contribution in [0, 0.1) is 16.6 Å². The lowest BCUT2D eigenvalue weighted by atomic mass is 10.3. The molecule has 0 saturated carbocycles. The van der Waals surface area contributed by atoms with E-state index in [9.17, 15) is 57.8 Å². The first-order valence-corrected chi connectivity index (χ1v) is 24.5. The molecule has 0 spiro atoms. The second-order valence-corrected chi connectivity index (χ2v) is 19.9. The lowest BCUT2D eigenvalue weighted by Crippen LogP contribution is -2.52. The smallest absolute Gasteiger partial charge is 0.346 e. The maximum atomic E-state index is 13.6. The van der Waals surface area contributed by atoms with E-state index in [4.69, 9.17) is 52.3 Å². The van der Waals surface area contributed by atoms with Gasteiger partial charge in [-0.3, -0.25) is 15.8 Å². The number of nitrogens with zero attached hydrogens (tertiary/aromatic N) is 6. The molecule has 11 N–H and O–H groups in total. The molecule has 1 aromatic heterocycles. The SMILES string of the molecule is CN1C(=N)C(F)=CNC1O.COc1ccc(S(=O)(=O)Cl)cc1.COc1ccc(S(=O)(=O)N2C=C(F)C(=N)N(C)C2O)cc1.COc1ccc(S(=O)(=O)N2C=C(F)C(N)=NC2O)cc1.Nc1[nH]c(=O)ncc1F. The molecule has 25 nitrogen and oxygen atoms in total. The number of nitrogens with two attached hydrogens (primary N) is 2. The zero-order chi connectivity index (χ0) is 54.5. The van der Waals surface area contributed by atoms with Gasteiger partial charge in [0.25, 0.3) is 29.1 Å². The van der Waals surface area contributed by atoms with Crippen LogP contribution in [0.15, 0.2) is 140 Å². The predicted molar refractivity (Wildman–Crippen MR) is 251 cm³/mol. The maximum Gasteiger partial charge on any atom is 0.346 e. The Balaban J connectivity index is 0.000000248. The molecule has 7 rings (SSSR count). The molecule has 4 heterocycles. The number of sulfonamides is 2. The summed E-state index contributed by atoms with van der Waals surface area (Å²) in [5.41, 5.74) is 9.46. The first-order valence-electron chi connectivity index (χ1n) is 19.3. The number of aliphatic imine (C=N–C) groups is 1. The van der Waals surface area contributed by atoms with E-state index in [1.54, 1.807) is 0 Å². The molecule has 0 aliphatic carbocycles. The van der Waals surface area contributed by atoms with E-state index in [0.717, 1.165) is 22.2 Å². The highest BCUT2D eigenvalue weighted by Crippen LogP contribution is 2.27. The van der Waals surface area contributed by atoms with Crippen molar-refractivity contribution in [3.05, 3.63) is 131 Å². The maximum absolute atomic E-state index is 13.6. The van der Waals surface area contributed by atoms with E-state index >= 15 is 0 Å². The third-order valence-corrected chi connectivity index (χ3v) is 13.9. The Morgan fingerprint density at radius 3 is 1.49 bits per heavy atom. The van der Waals surface area contributed by atoms with Gasteiger partial charge in [0, 0.05) is 31.0 Å². The third-order valence-electron chi connectivity index (χ3n) is 9.07. The monoisotopic (exact) mass is 1100 g/mol. The van der Waals surface area contributed by atoms with Gasteiger partial charge in [-0.2, -0.15) is 4.98 Å². The number of nitrogen functional groups attached to an aromatic ring is 1. The summed E-state index contributed by atoms with van der Waals surface area (Å²) in [5.74, 6) is -3.70. The molecule has 72 heavy (non-hydrogen) atoms. The van der Waals surface area contributed by atoms with Crippen LogP contribution in [-0.2, 0) is 29.1 Å². The lowest BCUT2D eigenvalue weighted by molar-refractivity contribution is -0.0103. The molecule has 3 unspecified atom stereocenters. The minimum Gasteiger partial charge on any atom is -0.497 e. The van der Waals surface area contributed by atoms with Crippen LogP contribution in [0.2, 0.25) is 0 Å². The molecule has 33 heteroatoms. The van der Waals surface area contributed by atoms with Crippen LogP contribution in [0.3, 0.4) is 0 Å². The molecule has 3 aromatic carbocycles. The second kappa shape index (κ2) is 25.1. The van der Waals surface area contributed by atoms with E-state index < -0.39 is 88.8 Å². The van der Waals surface area contributed by atoms with Crippen molar-refractivity contribution in [2.75, 3.05) is 41.2 Å². The molecule has 0 amide bonds. The lowest BCUT2D eigenvalue weighted by Gasteiger charge is -2.36. The van der Waals surface area contributed by atoms with E-state index in [1.807, 2.05) is 4.98 Å². The Labute approximate surface area is 412 Å². The van der Waals surface area contributed by atoms with Crippen LogP contribution >= 0.6 is 10.7 Å². The van der Waals surface area contributed by atoms with Gasteiger partial charge in [-0.25, -0.2) is 61.2 Å². The van der Waals surface area contributed by atoms with Crippen molar-refractivity contribution in [3.8, 4) is 17.2 Å². The number of aliphatic hydroxyl groups is 3. The van der Waals surface area contributed by atoms with Gasteiger partial charge in [-0.15, -0.1) is 0 Å². The molecule has 3 aliphatic rings. The first-order chi connectivity index (χ1) is 33.5. The van der Waals surface area contributed by atoms with Crippen molar-refractivity contribution in [1.82, 2.24) is 33.7 Å². The van der Waals surface area contributed by atoms with E-state index in [-0.39, 0.29) is 26.3 Å². The van der Waals surface area contributed by atoms with Gasteiger partial charge < -0.3 is 56.1 Å². The number of benzene rings is 3. The predicted octanol–water partition coefficient (Wildman–Crippen LogP) is 1.54. The molecule has 4 aromatic rings. The number of halogens is 5. The number of nitrogens with one attached hydrogen (secondary N) is 4. The molecule has 0 saturated heterocycles. The van der Waals surface area contributed by atoms with Crippen molar-refractivity contribution in [3.63, 3.8) is 0 Å². The fourth-order valence-corrected chi connectivity index (χ4v) is 8.42. The number of anilines is 1. The van der Waals surface area contributed by atoms with Gasteiger partial charge in [-0.05, 0) is 72.8 Å². The van der Waals surface area contributed by atoms with E-state index in [0.29, 0.717) is 38.3 Å². The van der Waals surface area contributed by atoms with Gasteiger partial charge >= 0.3 is 5.69 Å². The quantitative estimate of drug-likeness (QED) is 0.0892. The van der Waals surface area contributed by atoms with E-state index in [2.05, 4.69) is 15.3 Å². The molecule has 0 fully saturated rings. The van der Waals surface area contributed by atoms with Crippen molar-refractivity contribution < 1.29 is 72.3 Å². The van der Waals surface area contributed by atoms with Crippen LogP contribution in [-0.4, -0.2) is 141 Å². The second-order valence-electron chi connectivity index (χ2n) is 13.7. The van der Waals surface area contributed by atoms with Gasteiger partial charge in [0.1, 0.15) is 23.1 Å². The van der Waals surface area contributed by atoms with E-state index in [1.165, 1.54) is 108 Å². The minimum atomic E-state index is -4.15. The van der Waals surface area contributed by atoms with Crippen molar-refractivity contribution >= 4 is 63.1 Å². The molecular formula is C39H45ClF4N12O13S3. The normalized spacial score (nSPS) is 17.7. The minimum absolute atomic E-state index is 0.0740. The average Bonchev–Trinajstić information content (AvgIpc) is 3.35. The number of methoxy groups -OCH3 is 3. The number of likely N-dealkylation sites (N-methyl/N-ethyl adjacent to an activating group) is 2. The zero-order valence-electron chi connectivity index (χ0n) is 37.8. The standard InChI is InChI=1S/C12H14FN3O4S.C11H12FN3O4S.C7H7ClO3S.C5H8FN3O.C4H4FN3O/c1-15-11(14)10(13)7-16(12(15)17)21(18,19)9-5-3-8(20-2)4-6-9;1-19-7-2-4-8(5-3-7)20(17,18)15-6-9(12)10(13)14-11(15)16;1-11-6-2-4-7(5-3-6)12(8,9)10;1-9-4(7)3(6)2-8-5(9)10;5-2-1-7-4(9)8-3(2)6/h3-7,12,14,17H,1-2H3;2-6,11,16H,1H3,(H2,13,14);2-5H,1H3;2,5,7-8,10H,1H3;1H,(H3,6,7,8,9). The summed E-state index contributed by atoms with van der Waals surface area (Å²) in [6.45, 7) is 0. The summed E-state index contributed by atoms with van der Waals surface area (Å²) in [6, 6.07) is 16.7. The topological polar surface area (TPSA) is 374 Å². The van der Waals surface area contributed by atoms with Gasteiger partial charge in [0.05, 0.1) is 54.6 Å². The Bertz CT molecular complexity index is 3100. The highest BCUT2D eigenvalue weighted by Gasteiger charge is 2.37. The Kier molecular flexibility index (Phi) is 20.5. The number of rotatable bonds is 8. The fourth-order valence-electron chi connectivity index (χ4n) is 5.06. The number of aromatic nitrogens is 2. The summed E-state index contributed by atoms with van der Waals surface area (Å²) in [4.78, 5) is 20.3. The number of ether oxygens (including phenoxy) is 3. The van der Waals surface area contributed by atoms with Crippen LogP contribution in [0.25, 0.3) is 0 Å². The molecular weight excluding hydrogens is 1050 g/mol. The summed E-state index contributed by atoms with van der Waals surface area (Å²) in [7, 11) is 0.203. The van der Waals surface area contributed by atoms with Crippen LogP contribution in [0.1, 0.15) is 0 Å². The number of hydrogen-bond acceptors (Lipinski definition) is 20. The average molecular weight is 1100 g/mol. The molecule has 3 aliphatic heterocycles. The van der Waals surface area contributed by atoms with Gasteiger partial charge in [0.15, 0.2) is 40.8 Å². The Morgan fingerprint density at radius 1 is 0.667 bits per heavy atom. The van der Waals surface area contributed by atoms with Crippen LogP contribution < -0.4 is 36.7 Å². The molecule has 392 valence electrons. The zero-order valence-corrected chi connectivity index (χ0v) is 41.1. The van der Waals surface area contributed by atoms with Crippen molar-refractivity contribution in [1.29, 1.82) is 10.8 Å².